The van der Waals surface area contributed by atoms with E-state index in [1.165, 1.54) is 12.7 Å². The van der Waals surface area contributed by atoms with Gasteiger partial charge in [-0.1, -0.05) is 36.9 Å². The highest BCUT2D eigenvalue weighted by Gasteiger charge is 1.90. The average Bonchev–Trinajstić information content (AvgIpc) is 2.29. The van der Waals surface area contributed by atoms with E-state index < -0.39 is 5.97 Å². The standard InChI is InChI=1S/C9H13N.C4H6O2.ClH/c1-10(2)8-9-6-4-3-5-7-9;1-3-4(5)6-2;/h3-7H,8H2,1-2H3;3H,1H2,2H3;1H. The molecule has 0 saturated heterocycles. The Bertz CT molecular complexity index is 312. The van der Waals surface area contributed by atoms with Gasteiger partial charge in [-0.15, -0.1) is 12.4 Å². The van der Waals surface area contributed by atoms with Crippen molar-refractivity contribution in [3.63, 3.8) is 0 Å². The van der Waals surface area contributed by atoms with Gasteiger partial charge in [0.15, 0.2) is 0 Å². The van der Waals surface area contributed by atoms with Crippen LogP contribution in [-0.2, 0) is 16.1 Å². The Morgan fingerprint density at radius 3 is 2.18 bits per heavy atom. The Labute approximate surface area is 109 Å². The van der Waals surface area contributed by atoms with E-state index in [9.17, 15) is 4.79 Å². The molecule has 0 atom stereocenters. The zero-order chi connectivity index (χ0) is 12.4. The summed E-state index contributed by atoms with van der Waals surface area (Å²) >= 11 is 0. The lowest BCUT2D eigenvalue weighted by molar-refractivity contribution is -0.134. The summed E-state index contributed by atoms with van der Waals surface area (Å²) in [5.74, 6) is -0.394. The van der Waals surface area contributed by atoms with Crippen molar-refractivity contribution >= 4 is 18.4 Å². The average molecular weight is 258 g/mol. The number of methoxy groups -OCH3 is 1. The van der Waals surface area contributed by atoms with Crippen molar-refractivity contribution in [3.8, 4) is 0 Å². The largest absolute Gasteiger partial charge is 0.466 e. The van der Waals surface area contributed by atoms with E-state index in [1.54, 1.807) is 0 Å². The molecule has 17 heavy (non-hydrogen) atoms. The first-order chi connectivity index (χ1) is 7.60. The molecule has 0 fully saturated rings. The number of carbonyl (C=O) groups is 1. The van der Waals surface area contributed by atoms with Gasteiger partial charge in [0.05, 0.1) is 7.11 Å². The van der Waals surface area contributed by atoms with Crippen LogP contribution in [0.5, 0.6) is 0 Å². The second-order valence-corrected chi connectivity index (χ2v) is 3.45. The van der Waals surface area contributed by atoms with Gasteiger partial charge in [0.1, 0.15) is 0 Å². The van der Waals surface area contributed by atoms with E-state index in [1.807, 2.05) is 6.07 Å². The molecule has 3 nitrogen and oxygen atoms in total. The van der Waals surface area contributed by atoms with Crippen LogP contribution in [0.1, 0.15) is 5.56 Å². The van der Waals surface area contributed by atoms with Gasteiger partial charge in [-0.2, -0.15) is 0 Å². The van der Waals surface area contributed by atoms with Crippen molar-refractivity contribution in [3.05, 3.63) is 48.6 Å². The Hall–Kier alpha value is -1.32. The van der Waals surface area contributed by atoms with Gasteiger partial charge in [-0.3, -0.25) is 0 Å². The smallest absolute Gasteiger partial charge is 0.329 e. The minimum absolute atomic E-state index is 0. The maximum absolute atomic E-state index is 9.84. The van der Waals surface area contributed by atoms with Gasteiger partial charge < -0.3 is 9.64 Å². The second kappa shape index (κ2) is 11.2. The topological polar surface area (TPSA) is 29.5 Å². The van der Waals surface area contributed by atoms with Crippen molar-refractivity contribution in [1.29, 1.82) is 0 Å². The highest BCUT2D eigenvalue weighted by atomic mass is 35.5. The van der Waals surface area contributed by atoms with Crippen LogP contribution in [0.15, 0.2) is 43.0 Å². The van der Waals surface area contributed by atoms with Crippen LogP contribution >= 0.6 is 12.4 Å². The molecule has 4 heteroatoms. The van der Waals surface area contributed by atoms with Crippen LogP contribution in [-0.4, -0.2) is 32.1 Å². The van der Waals surface area contributed by atoms with Gasteiger partial charge in [0, 0.05) is 12.6 Å². The van der Waals surface area contributed by atoms with Crippen LogP contribution in [0, 0.1) is 0 Å². The number of benzene rings is 1. The highest BCUT2D eigenvalue weighted by Crippen LogP contribution is 1.99. The predicted octanol–water partition coefficient (Wildman–Crippen LogP) is 2.52. The molecule has 0 aliphatic rings. The third-order valence-electron chi connectivity index (χ3n) is 1.71. The summed E-state index contributed by atoms with van der Waals surface area (Å²) in [6.07, 6.45) is 1.11. The fraction of sp³-hybridized carbons (Fsp3) is 0.308. The lowest BCUT2D eigenvalue weighted by atomic mass is 10.2. The van der Waals surface area contributed by atoms with Crippen molar-refractivity contribution < 1.29 is 9.53 Å². The quantitative estimate of drug-likeness (QED) is 0.616. The summed E-state index contributed by atoms with van der Waals surface area (Å²) in [7, 11) is 5.46. The maximum Gasteiger partial charge on any atom is 0.329 e. The van der Waals surface area contributed by atoms with Crippen molar-refractivity contribution in [2.24, 2.45) is 0 Å². The highest BCUT2D eigenvalue weighted by molar-refractivity contribution is 5.85. The van der Waals surface area contributed by atoms with Gasteiger partial charge in [-0.25, -0.2) is 4.79 Å². The summed E-state index contributed by atoms with van der Waals surface area (Å²) in [5.41, 5.74) is 1.37. The zero-order valence-electron chi connectivity index (χ0n) is 10.6. The third kappa shape index (κ3) is 11.0. The summed E-state index contributed by atoms with van der Waals surface area (Å²) in [6, 6.07) is 10.5. The minimum atomic E-state index is -0.394. The first-order valence-corrected chi connectivity index (χ1v) is 4.99. The second-order valence-electron chi connectivity index (χ2n) is 3.45. The third-order valence-corrected chi connectivity index (χ3v) is 1.71. The fourth-order valence-corrected chi connectivity index (χ4v) is 1.03. The lowest BCUT2D eigenvalue weighted by Crippen LogP contribution is -2.10. The molecule has 0 saturated carbocycles. The van der Waals surface area contributed by atoms with Crippen molar-refractivity contribution in [2.45, 2.75) is 6.54 Å². The van der Waals surface area contributed by atoms with Crippen LogP contribution in [0.2, 0.25) is 0 Å². The molecule has 1 rings (SSSR count). The SMILES string of the molecule is C=CC(=O)OC.CN(C)Cc1ccccc1.Cl. The van der Waals surface area contributed by atoms with Gasteiger partial charge in [0.2, 0.25) is 0 Å². The Kier molecular flexibility index (Phi) is 11.9. The van der Waals surface area contributed by atoms with E-state index in [2.05, 4.69) is 54.6 Å². The molecule has 0 aliphatic carbocycles. The molecular formula is C13H20ClNO2. The monoisotopic (exact) mass is 257 g/mol. The predicted molar refractivity (Wildman–Crippen MR) is 73.3 cm³/mol. The van der Waals surface area contributed by atoms with E-state index >= 15 is 0 Å². The minimum Gasteiger partial charge on any atom is -0.466 e. The first kappa shape index (κ1) is 18.1. The summed E-state index contributed by atoms with van der Waals surface area (Å²) in [4.78, 5) is 12.0. The number of hydrogen-bond donors (Lipinski definition) is 0. The van der Waals surface area contributed by atoms with Crippen LogP contribution in [0.3, 0.4) is 0 Å². The zero-order valence-corrected chi connectivity index (χ0v) is 11.4. The van der Waals surface area contributed by atoms with Crippen LogP contribution < -0.4 is 0 Å². The number of ether oxygens (including phenoxy) is 1. The Balaban J connectivity index is 0. The number of hydrogen-bond acceptors (Lipinski definition) is 3. The fourth-order valence-electron chi connectivity index (χ4n) is 1.03. The Morgan fingerprint density at radius 2 is 1.88 bits per heavy atom. The van der Waals surface area contributed by atoms with Gasteiger partial charge >= 0.3 is 5.97 Å². The van der Waals surface area contributed by atoms with E-state index in [-0.39, 0.29) is 12.4 Å². The van der Waals surface area contributed by atoms with E-state index in [0.29, 0.717) is 0 Å². The summed E-state index contributed by atoms with van der Waals surface area (Å²) < 4.78 is 4.14. The molecule has 96 valence electrons. The number of halogens is 1. The first-order valence-electron chi connectivity index (χ1n) is 4.99. The molecule has 1 aromatic carbocycles. The number of carbonyl (C=O) groups excluding carboxylic acids is 1. The molecule has 0 radical (unpaired) electrons. The maximum atomic E-state index is 9.84. The van der Waals surface area contributed by atoms with Crippen molar-refractivity contribution in [1.82, 2.24) is 4.90 Å². The van der Waals surface area contributed by atoms with E-state index in [0.717, 1.165) is 12.6 Å². The number of esters is 1. The van der Waals surface area contributed by atoms with Gasteiger partial charge in [-0.05, 0) is 19.7 Å². The molecule has 0 unspecified atom stereocenters. The van der Waals surface area contributed by atoms with Gasteiger partial charge in [0.25, 0.3) is 0 Å². The van der Waals surface area contributed by atoms with E-state index in [4.69, 9.17) is 0 Å². The number of nitrogens with zero attached hydrogens (tertiary/aromatic N) is 1. The molecule has 0 spiro atoms. The summed E-state index contributed by atoms with van der Waals surface area (Å²) in [5, 5.41) is 0. The Morgan fingerprint density at radius 1 is 1.35 bits per heavy atom. The van der Waals surface area contributed by atoms with Crippen molar-refractivity contribution in [2.75, 3.05) is 21.2 Å². The molecule has 0 bridgehead atoms. The van der Waals surface area contributed by atoms with Crippen LogP contribution in [0.25, 0.3) is 0 Å². The normalized spacial score (nSPS) is 8.47. The summed E-state index contributed by atoms with van der Waals surface area (Å²) in [6.45, 7) is 4.19. The molecule has 0 amide bonds. The molecule has 0 aliphatic heterocycles. The molecule has 1 aromatic rings. The molecular weight excluding hydrogens is 238 g/mol. The molecule has 0 N–H and O–H groups in total. The number of rotatable bonds is 3. The lowest BCUT2D eigenvalue weighted by Gasteiger charge is -2.08. The van der Waals surface area contributed by atoms with Crippen LogP contribution in [0.4, 0.5) is 0 Å². The molecule has 0 heterocycles. The molecule has 0 aromatic heterocycles.